The van der Waals surface area contributed by atoms with Crippen LogP contribution >= 0.6 is 27.3 Å². The van der Waals surface area contributed by atoms with E-state index in [2.05, 4.69) is 26.0 Å². The highest BCUT2D eigenvalue weighted by Gasteiger charge is 2.33. The maximum Gasteiger partial charge on any atom is 0.420 e. The molecule has 0 N–H and O–H groups in total. The zero-order valence-corrected chi connectivity index (χ0v) is 20.9. The summed E-state index contributed by atoms with van der Waals surface area (Å²) in [6.45, 7) is 11.1. The first-order valence-electron chi connectivity index (χ1n) is 10.1. The minimum Gasteiger partial charge on any atom is -0.443 e. The lowest BCUT2D eigenvalue weighted by Gasteiger charge is -2.21. The Bertz CT molecular complexity index is 1350. The second kappa shape index (κ2) is 7.91. The van der Waals surface area contributed by atoms with Gasteiger partial charge in [-0.25, -0.2) is 27.6 Å². The summed E-state index contributed by atoms with van der Waals surface area (Å²) in [5.74, 6) is -0.137. The molecule has 0 unspecified atom stereocenters. The molecule has 0 amide bonds. The van der Waals surface area contributed by atoms with Crippen LogP contribution < -0.4 is 0 Å². The van der Waals surface area contributed by atoms with Gasteiger partial charge in [0.05, 0.1) is 15.0 Å². The van der Waals surface area contributed by atoms with E-state index in [1.54, 1.807) is 31.5 Å². The number of thiophene rings is 1. The predicted molar refractivity (Wildman–Crippen MR) is 125 cm³/mol. The number of hydrogen-bond acceptors (Lipinski definition) is 5. The summed E-state index contributed by atoms with van der Waals surface area (Å²) in [6, 6.07) is 1.90. The Balaban J connectivity index is 2.15. The quantitative estimate of drug-likeness (QED) is 0.281. The fraction of sp³-hybridized carbons (Fsp3) is 0.409. The van der Waals surface area contributed by atoms with Crippen molar-refractivity contribution in [3.05, 3.63) is 39.1 Å². The third-order valence-electron chi connectivity index (χ3n) is 5.04. The first-order chi connectivity index (χ1) is 14.9. The summed E-state index contributed by atoms with van der Waals surface area (Å²) in [4.78, 5) is 18.1. The number of carbonyl (C=O) groups excluding carboxylic acids is 1. The van der Waals surface area contributed by atoms with Crippen LogP contribution in [0.15, 0.2) is 22.4 Å². The van der Waals surface area contributed by atoms with E-state index < -0.39 is 18.1 Å². The highest BCUT2D eigenvalue weighted by Crippen LogP contribution is 2.49. The lowest BCUT2D eigenvalue weighted by atomic mass is 9.95. The SMILES string of the molecule is Cc1cc(-c2c(C(C)C)c3c(C(F)F)c(Br)sc3n2C(=O)OC(C)(C)C)cn2ncnc12. The number of ether oxygens (including phenoxy) is 1. The molecule has 6 nitrogen and oxygen atoms in total. The molecule has 0 aliphatic rings. The predicted octanol–water partition coefficient (Wildman–Crippen LogP) is 7.33. The summed E-state index contributed by atoms with van der Waals surface area (Å²) in [5.41, 5.74) is 2.56. The molecule has 0 aliphatic carbocycles. The second-order valence-electron chi connectivity index (χ2n) is 8.94. The molecule has 0 fully saturated rings. The smallest absolute Gasteiger partial charge is 0.420 e. The molecule has 0 bridgehead atoms. The van der Waals surface area contributed by atoms with Crippen LogP contribution in [-0.4, -0.2) is 30.9 Å². The summed E-state index contributed by atoms with van der Waals surface area (Å²) in [7, 11) is 0. The molecule has 0 saturated carbocycles. The largest absolute Gasteiger partial charge is 0.443 e. The topological polar surface area (TPSA) is 61.4 Å². The Hall–Kier alpha value is -2.33. The van der Waals surface area contributed by atoms with E-state index in [4.69, 9.17) is 4.74 Å². The van der Waals surface area contributed by atoms with Crippen molar-refractivity contribution in [3.63, 3.8) is 0 Å². The third kappa shape index (κ3) is 3.73. The van der Waals surface area contributed by atoms with E-state index in [1.165, 1.54) is 10.9 Å². The number of hydrogen-bond donors (Lipinski definition) is 0. The molecule has 4 heterocycles. The van der Waals surface area contributed by atoms with E-state index in [0.29, 0.717) is 36.5 Å². The number of rotatable bonds is 3. The van der Waals surface area contributed by atoms with Gasteiger partial charge in [-0.05, 0) is 66.7 Å². The molecule has 0 atom stereocenters. The molecule has 170 valence electrons. The van der Waals surface area contributed by atoms with Gasteiger partial charge in [0.2, 0.25) is 0 Å². The second-order valence-corrected chi connectivity index (χ2v) is 11.3. The van der Waals surface area contributed by atoms with Crippen LogP contribution in [0.2, 0.25) is 0 Å². The van der Waals surface area contributed by atoms with E-state index in [-0.39, 0.29) is 11.5 Å². The number of aromatic nitrogens is 4. The number of aryl methyl sites for hydroxylation is 1. The van der Waals surface area contributed by atoms with Gasteiger partial charge in [-0.1, -0.05) is 13.8 Å². The van der Waals surface area contributed by atoms with Crippen molar-refractivity contribution in [1.29, 1.82) is 0 Å². The summed E-state index contributed by atoms with van der Waals surface area (Å²) in [5, 5.41) is 4.62. The zero-order valence-electron chi connectivity index (χ0n) is 18.5. The van der Waals surface area contributed by atoms with Crippen molar-refractivity contribution in [2.45, 2.75) is 59.5 Å². The average Bonchev–Trinajstić information content (AvgIpc) is 3.31. The summed E-state index contributed by atoms with van der Waals surface area (Å²) in [6.07, 6.45) is -0.0989. The maximum atomic E-state index is 14.1. The minimum atomic E-state index is -2.70. The van der Waals surface area contributed by atoms with Crippen molar-refractivity contribution in [1.82, 2.24) is 19.2 Å². The summed E-state index contributed by atoms with van der Waals surface area (Å²) >= 11 is 4.40. The van der Waals surface area contributed by atoms with Gasteiger partial charge in [0.15, 0.2) is 5.65 Å². The van der Waals surface area contributed by atoms with E-state index >= 15 is 0 Å². The standard InChI is InChI=1S/C22H23BrF2N4O2S/c1-10(2)13-14-15(18(24)25)17(23)32-20(14)29(21(30)31-22(4,5)6)16(13)12-7-11(3)19-26-9-27-28(19)8-12/h7-10,18H,1-6H3. The Morgan fingerprint density at radius 1 is 1.25 bits per heavy atom. The van der Waals surface area contributed by atoms with E-state index in [9.17, 15) is 13.6 Å². The van der Waals surface area contributed by atoms with Crippen LogP contribution in [0.1, 0.15) is 63.7 Å². The van der Waals surface area contributed by atoms with Gasteiger partial charge in [0, 0.05) is 17.1 Å². The fourth-order valence-corrected chi connectivity index (χ4v) is 5.79. The van der Waals surface area contributed by atoms with Crippen LogP contribution in [0.3, 0.4) is 0 Å². The maximum absolute atomic E-state index is 14.1. The van der Waals surface area contributed by atoms with Crippen LogP contribution in [0.4, 0.5) is 13.6 Å². The molecule has 32 heavy (non-hydrogen) atoms. The molecule has 0 radical (unpaired) electrons. The van der Waals surface area contributed by atoms with Crippen LogP contribution in [0, 0.1) is 6.92 Å². The fourth-order valence-electron chi connectivity index (χ4n) is 3.91. The Morgan fingerprint density at radius 3 is 2.53 bits per heavy atom. The van der Waals surface area contributed by atoms with Crippen molar-refractivity contribution in [2.75, 3.05) is 0 Å². The number of pyridine rings is 1. The Labute approximate surface area is 196 Å². The first kappa shape index (κ1) is 22.8. The molecule has 0 saturated heterocycles. The molecular weight excluding hydrogens is 502 g/mol. The molecule has 10 heteroatoms. The normalized spacial score (nSPS) is 12.6. The molecule has 0 spiro atoms. The van der Waals surface area contributed by atoms with Gasteiger partial charge in [-0.2, -0.15) is 5.10 Å². The van der Waals surface area contributed by atoms with Gasteiger partial charge in [0.25, 0.3) is 6.43 Å². The van der Waals surface area contributed by atoms with Crippen molar-refractivity contribution in [2.24, 2.45) is 0 Å². The number of halogens is 3. The van der Waals surface area contributed by atoms with Crippen molar-refractivity contribution >= 4 is 49.2 Å². The highest BCUT2D eigenvalue weighted by atomic mass is 79.9. The third-order valence-corrected chi connectivity index (χ3v) is 6.93. The van der Waals surface area contributed by atoms with Gasteiger partial charge in [-0.3, -0.25) is 0 Å². The van der Waals surface area contributed by atoms with Crippen LogP contribution in [-0.2, 0) is 4.74 Å². The zero-order chi connectivity index (χ0) is 23.5. The molecule has 4 aromatic rings. The van der Waals surface area contributed by atoms with E-state index in [0.717, 1.165) is 16.9 Å². The van der Waals surface area contributed by atoms with Gasteiger partial charge >= 0.3 is 6.09 Å². The number of carbonyl (C=O) groups is 1. The van der Waals surface area contributed by atoms with Crippen molar-refractivity contribution in [3.8, 4) is 11.3 Å². The molecule has 0 aliphatic heterocycles. The molecule has 4 rings (SSSR count). The first-order valence-corrected chi connectivity index (χ1v) is 11.7. The lowest BCUT2D eigenvalue weighted by Crippen LogP contribution is -2.27. The highest BCUT2D eigenvalue weighted by molar-refractivity contribution is 9.11. The van der Waals surface area contributed by atoms with Gasteiger partial charge in [-0.15, -0.1) is 11.3 Å². The van der Waals surface area contributed by atoms with Gasteiger partial charge < -0.3 is 4.74 Å². The minimum absolute atomic E-state index is 0.101. The average molecular weight is 525 g/mol. The Morgan fingerprint density at radius 2 is 1.94 bits per heavy atom. The molecule has 4 aromatic heterocycles. The summed E-state index contributed by atoms with van der Waals surface area (Å²) < 4.78 is 37.3. The Kier molecular flexibility index (Phi) is 5.65. The monoisotopic (exact) mass is 524 g/mol. The van der Waals surface area contributed by atoms with Crippen molar-refractivity contribution < 1.29 is 18.3 Å². The van der Waals surface area contributed by atoms with Crippen LogP contribution in [0.5, 0.6) is 0 Å². The van der Waals surface area contributed by atoms with Gasteiger partial charge in [0.1, 0.15) is 16.8 Å². The lowest BCUT2D eigenvalue weighted by molar-refractivity contribution is 0.0547. The number of alkyl halides is 2. The molecular formula is C22H23BrF2N4O2S. The van der Waals surface area contributed by atoms with Crippen LogP contribution in [0.25, 0.3) is 27.1 Å². The number of nitrogens with zero attached hydrogens (tertiary/aromatic N) is 4. The molecule has 0 aromatic carbocycles. The van der Waals surface area contributed by atoms with E-state index in [1.807, 2.05) is 26.8 Å². The number of fused-ring (bicyclic) bond motifs is 2.